The fourth-order valence-corrected chi connectivity index (χ4v) is 1.06. The van der Waals surface area contributed by atoms with Crippen LogP contribution in [0, 0.1) is 6.92 Å². The van der Waals surface area contributed by atoms with Crippen molar-refractivity contribution in [2.45, 2.75) is 13.3 Å². The van der Waals surface area contributed by atoms with Crippen molar-refractivity contribution in [3.05, 3.63) is 30.7 Å². The van der Waals surface area contributed by atoms with Crippen LogP contribution in [0.2, 0.25) is 0 Å². The molecule has 5 heteroatoms. The first-order valence-electron chi connectivity index (χ1n) is 4.27. The lowest BCUT2D eigenvalue weighted by Gasteiger charge is -2.15. The first-order chi connectivity index (χ1) is 6.94. The average Bonchev–Trinajstić information content (AvgIpc) is 2.10. The highest BCUT2D eigenvalue weighted by atomic mass is 19.4. The van der Waals surface area contributed by atoms with E-state index in [9.17, 15) is 13.2 Å². The zero-order valence-corrected chi connectivity index (χ0v) is 8.10. The van der Waals surface area contributed by atoms with Crippen molar-refractivity contribution in [3.8, 4) is 11.5 Å². The summed E-state index contributed by atoms with van der Waals surface area (Å²) in [7, 11) is 0. The van der Waals surface area contributed by atoms with Gasteiger partial charge in [-0.25, -0.2) is 0 Å². The van der Waals surface area contributed by atoms with Gasteiger partial charge in [0.2, 0.25) is 0 Å². The fourth-order valence-electron chi connectivity index (χ4n) is 1.06. The van der Waals surface area contributed by atoms with E-state index < -0.39 is 6.36 Å². The summed E-state index contributed by atoms with van der Waals surface area (Å²) in [5.41, 5.74) is 0.137. The largest absolute Gasteiger partial charge is 0.573 e. The number of benzene rings is 1. The number of hydrogen-bond acceptors (Lipinski definition) is 2. The molecule has 1 radical (unpaired) electrons. The van der Waals surface area contributed by atoms with Crippen LogP contribution < -0.4 is 9.47 Å². The van der Waals surface area contributed by atoms with E-state index in [1.165, 1.54) is 12.1 Å². The second-order valence-electron chi connectivity index (χ2n) is 2.73. The van der Waals surface area contributed by atoms with Crippen LogP contribution in [0.4, 0.5) is 13.2 Å². The van der Waals surface area contributed by atoms with Gasteiger partial charge in [-0.1, -0.05) is 12.1 Å². The van der Waals surface area contributed by atoms with E-state index in [-0.39, 0.29) is 23.7 Å². The van der Waals surface area contributed by atoms with Crippen LogP contribution >= 0.6 is 0 Å². The van der Waals surface area contributed by atoms with Gasteiger partial charge in [-0.3, -0.25) is 0 Å². The molecule has 0 aromatic heterocycles. The summed E-state index contributed by atoms with van der Waals surface area (Å²) < 4.78 is 44.9. The SMILES string of the molecule is [CH2]c1cccc(OCC)c1OC(F)(F)F. The first-order valence-corrected chi connectivity index (χ1v) is 4.27. The van der Waals surface area contributed by atoms with E-state index in [1.54, 1.807) is 13.0 Å². The zero-order valence-electron chi connectivity index (χ0n) is 8.10. The molecule has 0 N–H and O–H groups in total. The third-order valence-corrected chi connectivity index (χ3v) is 1.58. The monoisotopic (exact) mass is 219 g/mol. The smallest absolute Gasteiger partial charge is 0.490 e. The lowest BCUT2D eigenvalue weighted by atomic mass is 10.2. The standard InChI is InChI=1S/C10H10F3O2/c1-3-14-8-6-4-5-7(2)9(8)15-10(11,12)13/h4-6H,2-3H2,1H3. The molecular weight excluding hydrogens is 209 g/mol. The minimum absolute atomic E-state index is 0.0438. The number of alkyl halides is 3. The summed E-state index contributed by atoms with van der Waals surface area (Å²) in [6.45, 7) is 5.38. The van der Waals surface area contributed by atoms with Gasteiger partial charge < -0.3 is 9.47 Å². The van der Waals surface area contributed by atoms with Crippen molar-refractivity contribution >= 4 is 0 Å². The average molecular weight is 219 g/mol. The van der Waals surface area contributed by atoms with Crippen molar-refractivity contribution in [1.29, 1.82) is 0 Å². The van der Waals surface area contributed by atoms with Crippen molar-refractivity contribution in [2.75, 3.05) is 6.61 Å². The maximum atomic E-state index is 12.0. The molecule has 1 rings (SSSR count). The predicted octanol–water partition coefficient (Wildman–Crippen LogP) is 3.17. The Labute approximate surface area is 85.6 Å². The third kappa shape index (κ3) is 3.34. The molecule has 0 aliphatic carbocycles. The van der Waals surface area contributed by atoms with Crippen LogP contribution in [-0.4, -0.2) is 13.0 Å². The molecule has 0 heterocycles. The summed E-state index contributed by atoms with van der Waals surface area (Å²) in [6.07, 6.45) is -4.74. The molecule has 1 aromatic carbocycles. The van der Waals surface area contributed by atoms with Gasteiger partial charge in [0, 0.05) is 0 Å². The van der Waals surface area contributed by atoms with E-state index in [1.807, 2.05) is 0 Å². The van der Waals surface area contributed by atoms with Gasteiger partial charge in [-0.15, -0.1) is 13.2 Å². The Morgan fingerprint density at radius 2 is 2.00 bits per heavy atom. The van der Waals surface area contributed by atoms with Crippen LogP contribution in [0.15, 0.2) is 18.2 Å². The Morgan fingerprint density at radius 1 is 1.33 bits per heavy atom. The molecule has 0 unspecified atom stereocenters. The number of rotatable bonds is 3. The number of halogens is 3. The van der Waals surface area contributed by atoms with Gasteiger partial charge in [-0.2, -0.15) is 0 Å². The van der Waals surface area contributed by atoms with E-state index >= 15 is 0 Å². The highest BCUT2D eigenvalue weighted by Gasteiger charge is 2.33. The molecular formula is C10H10F3O2. The molecule has 0 aliphatic rings. The van der Waals surface area contributed by atoms with Crippen molar-refractivity contribution in [3.63, 3.8) is 0 Å². The van der Waals surface area contributed by atoms with Crippen LogP contribution in [0.5, 0.6) is 11.5 Å². The van der Waals surface area contributed by atoms with E-state index in [0.29, 0.717) is 0 Å². The summed E-state index contributed by atoms with van der Waals surface area (Å²) in [5, 5.41) is 0. The van der Waals surface area contributed by atoms with E-state index in [2.05, 4.69) is 11.7 Å². The van der Waals surface area contributed by atoms with Gasteiger partial charge in [0.1, 0.15) is 0 Å². The highest BCUT2D eigenvalue weighted by molar-refractivity contribution is 5.48. The van der Waals surface area contributed by atoms with Crippen molar-refractivity contribution < 1.29 is 22.6 Å². The topological polar surface area (TPSA) is 18.5 Å². The molecule has 0 aliphatic heterocycles. The zero-order chi connectivity index (χ0) is 11.5. The second-order valence-corrected chi connectivity index (χ2v) is 2.73. The number of hydrogen-bond donors (Lipinski definition) is 0. The van der Waals surface area contributed by atoms with Crippen molar-refractivity contribution in [2.24, 2.45) is 0 Å². The predicted molar refractivity (Wildman–Crippen MR) is 48.8 cm³/mol. The van der Waals surface area contributed by atoms with Gasteiger partial charge in [0.25, 0.3) is 0 Å². The Kier molecular flexibility index (Phi) is 3.44. The molecule has 0 saturated carbocycles. The Morgan fingerprint density at radius 3 is 2.53 bits per heavy atom. The lowest BCUT2D eigenvalue weighted by molar-refractivity contribution is -0.275. The van der Waals surface area contributed by atoms with Crippen LogP contribution in [0.25, 0.3) is 0 Å². The number of para-hydroxylation sites is 1. The molecule has 0 saturated heterocycles. The quantitative estimate of drug-likeness (QED) is 0.777. The van der Waals surface area contributed by atoms with Crippen LogP contribution in [0.1, 0.15) is 12.5 Å². The minimum atomic E-state index is -4.74. The molecule has 0 bridgehead atoms. The molecule has 0 fully saturated rings. The normalized spacial score (nSPS) is 11.3. The summed E-state index contributed by atoms with van der Waals surface area (Å²) in [5.74, 6) is -0.339. The highest BCUT2D eigenvalue weighted by Crippen LogP contribution is 2.34. The summed E-state index contributed by atoms with van der Waals surface area (Å²) in [4.78, 5) is 0. The van der Waals surface area contributed by atoms with Gasteiger partial charge in [0.05, 0.1) is 6.61 Å². The number of ether oxygens (including phenoxy) is 2. The van der Waals surface area contributed by atoms with Gasteiger partial charge in [0.15, 0.2) is 11.5 Å². The summed E-state index contributed by atoms with van der Waals surface area (Å²) in [6, 6.07) is 4.37. The Hall–Kier alpha value is -1.39. The molecule has 0 atom stereocenters. The second kappa shape index (κ2) is 4.42. The first kappa shape index (κ1) is 11.7. The fraction of sp³-hybridized carbons (Fsp3) is 0.300. The molecule has 0 spiro atoms. The van der Waals surface area contributed by atoms with Crippen LogP contribution in [-0.2, 0) is 0 Å². The minimum Gasteiger partial charge on any atom is -0.490 e. The lowest BCUT2D eigenvalue weighted by Crippen LogP contribution is -2.18. The molecule has 0 amide bonds. The Bertz CT molecular complexity index is 334. The van der Waals surface area contributed by atoms with Crippen molar-refractivity contribution in [1.82, 2.24) is 0 Å². The Balaban J connectivity index is 3.02. The van der Waals surface area contributed by atoms with E-state index in [4.69, 9.17) is 4.74 Å². The van der Waals surface area contributed by atoms with Gasteiger partial charge in [-0.05, 0) is 25.5 Å². The molecule has 1 aromatic rings. The molecule has 2 nitrogen and oxygen atoms in total. The maximum absolute atomic E-state index is 12.0. The molecule has 15 heavy (non-hydrogen) atoms. The maximum Gasteiger partial charge on any atom is 0.573 e. The van der Waals surface area contributed by atoms with Crippen LogP contribution in [0.3, 0.4) is 0 Å². The third-order valence-electron chi connectivity index (χ3n) is 1.58. The summed E-state index contributed by atoms with van der Waals surface area (Å²) >= 11 is 0. The van der Waals surface area contributed by atoms with E-state index in [0.717, 1.165) is 0 Å². The van der Waals surface area contributed by atoms with Gasteiger partial charge >= 0.3 is 6.36 Å². The molecule has 83 valence electrons.